The van der Waals surface area contributed by atoms with E-state index in [2.05, 4.69) is 0 Å². The Kier molecular flexibility index (Phi) is 3.76. The molecule has 0 aromatic carbocycles. The number of rotatable bonds is 3. The molecule has 22 heavy (non-hydrogen) atoms. The standard InChI is InChI=1S/C15H17NO6/c1-10-2-3-11(22-10)4-5-13(17)16-9-15(20-6-7-21-15)8-12(16)14(18)19/h2-5,12H,6-9H2,1H3,(H,18,19)/b5-4+/t12-/m0/s1. The Morgan fingerprint density at radius 2 is 2.09 bits per heavy atom. The molecule has 3 rings (SSSR count). The number of carbonyl (C=O) groups is 2. The lowest BCUT2D eigenvalue weighted by atomic mass is 10.1. The molecule has 0 unspecified atom stereocenters. The Morgan fingerprint density at radius 1 is 1.36 bits per heavy atom. The summed E-state index contributed by atoms with van der Waals surface area (Å²) >= 11 is 0. The predicted octanol–water partition coefficient (Wildman–Crippen LogP) is 1.03. The number of aliphatic carboxylic acids is 1. The molecule has 2 saturated heterocycles. The monoisotopic (exact) mass is 307 g/mol. The van der Waals surface area contributed by atoms with Crippen molar-refractivity contribution in [1.29, 1.82) is 0 Å². The van der Waals surface area contributed by atoms with Crippen LogP contribution in [-0.2, 0) is 19.1 Å². The summed E-state index contributed by atoms with van der Waals surface area (Å²) in [5, 5.41) is 9.32. The van der Waals surface area contributed by atoms with Gasteiger partial charge in [-0.25, -0.2) is 4.79 Å². The number of carboxylic acids is 1. The minimum absolute atomic E-state index is 0.115. The van der Waals surface area contributed by atoms with E-state index in [9.17, 15) is 14.7 Å². The van der Waals surface area contributed by atoms with Crippen molar-refractivity contribution in [2.45, 2.75) is 25.2 Å². The van der Waals surface area contributed by atoms with E-state index >= 15 is 0 Å². The second-order valence-corrected chi connectivity index (χ2v) is 5.41. The summed E-state index contributed by atoms with van der Waals surface area (Å²) in [4.78, 5) is 25.0. The van der Waals surface area contributed by atoms with Crippen LogP contribution in [0.3, 0.4) is 0 Å². The second-order valence-electron chi connectivity index (χ2n) is 5.41. The fourth-order valence-electron chi connectivity index (χ4n) is 2.79. The first-order valence-corrected chi connectivity index (χ1v) is 7.05. The number of hydrogen-bond donors (Lipinski definition) is 1. The number of aryl methyl sites for hydroxylation is 1. The van der Waals surface area contributed by atoms with Crippen molar-refractivity contribution in [3.05, 3.63) is 29.7 Å². The quantitative estimate of drug-likeness (QED) is 0.839. The molecule has 7 nitrogen and oxygen atoms in total. The Labute approximate surface area is 127 Å². The van der Waals surface area contributed by atoms with Crippen LogP contribution in [0.2, 0.25) is 0 Å². The smallest absolute Gasteiger partial charge is 0.326 e. The fraction of sp³-hybridized carbons (Fsp3) is 0.467. The van der Waals surface area contributed by atoms with Crippen molar-refractivity contribution in [2.75, 3.05) is 19.8 Å². The van der Waals surface area contributed by atoms with E-state index in [-0.39, 0.29) is 13.0 Å². The van der Waals surface area contributed by atoms with Gasteiger partial charge in [0.15, 0.2) is 5.79 Å². The maximum absolute atomic E-state index is 12.3. The van der Waals surface area contributed by atoms with Crippen LogP contribution in [0.25, 0.3) is 6.08 Å². The molecule has 2 aliphatic heterocycles. The SMILES string of the molecule is Cc1ccc(/C=C/C(=O)N2CC3(C[C@H]2C(=O)O)OCCO3)o1. The van der Waals surface area contributed by atoms with Crippen LogP contribution < -0.4 is 0 Å². The number of nitrogens with zero attached hydrogens (tertiary/aromatic N) is 1. The summed E-state index contributed by atoms with van der Waals surface area (Å²) in [6.45, 7) is 2.74. The third-order valence-electron chi connectivity index (χ3n) is 3.82. The van der Waals surface area contributed by atoms with E-state index in [1.807, 2.05) is 0 Å². The summed E-state index contributed by atoms with van der Waals surface area (Å²) in [5.41, 5.74) is 0. The number of carbonyl (C=O) groups excluding carboxylic acids is 1. The number of hydrogen-bond acceptors (Lipinski definition) is 5. The lowest BCUT2D eigenvalue weighted by Crippen LogP contribution is -2.40. The highest BCUT2D eigenvalue weighted by molar-refractivity contribution is 5.94. The maximum Gasteiger partial charge on any atom is 0.326 e. The van der Waals surface area contributed by atoms with Gasteiger partial charge in [0, 0.05) is 12.5 Å². The third kappa shape index (κ3) is 2.77. The minimum Gasteiger partial charge on any atom is -0.480 e. The van der Waals surface area contributed by atoms with Crippen LogP contribution in [0.4, 0.5) is 0 Å². The average molecular weight is 307 g/mol. The molecule has 1 N–H and O–H groups in total. The van der Waals surface area contributed by atoms with Gasteiger partial charge >= 0.3 is 5.97 Å². The molecule has 0 radical (unpaired) electrons. The number of ether oxygens (including phenoxy) is 2. The van der Waals surface area contributed by atoms with Crippen LogP contribution in [0.15, 0.2) is 22.6 Å². The molecule has 1 spiro atoms. The highest BCUT2D eigenvalue weighted by Crippen LogP contribution is 2.35. The number of carboxylic acid groups (broad SMARTS) is 1. The molecule has 0 bridgehead atoms. The Morgan fingerprint density at radius 3 is 2.68 bits per heavy atom. The zero-order valence-electron chi connectivity index (χ0n) is 12.2. The molecule has 1 atom stereocenters. The molecule has 2 aliphatic rings. The second kappa shape index (κ2) is 5.58. The molecule has 1 amide bonds. The first-order valence-electron chi connectivity index (χ1n) is 7.05. The lowest BCUT2D eigenvalue weighted by molar-refractivity contribution is -0.151. The van der Waals surface area contributed by atoms with Gasteiger partial charge < -0.3 is 23.9 Å². The van der Waals surface area contributed by atoms with Crippen molar-refractivity contribution in [1.82, 2.24) is 4.90 Å². The van der Waals surface area contributed by atoms with Gasteiger partial charge in [-0.2, -0.15) is 0 Å². The van der Waals surface area contributed by atoms with Crippen molar-refractivity contribution in [3.8, 4) is 0 Å². The molecule has 1 aromatic rings. The topological polar surface area (TPSA) is 89.2 Å². The van der Waals surface area contributed by atoms with Crippen molar-refractivity contribution < 1.29 is 28.6 Å². The van der Waals surface area contributed by atoms with E-state index in [1.54, 1.807) is 19.1 Å². The summed E-state index contributed by atoms with van der Waals surface area (Å²) in [7, 11) is 0. The Balaban J connectivity index is 1.75. The molecule has 118 valence electrons. The first kappa shape index (κ1) is 14.8. The molecule has 7 heteroatoms. The van der Waals surface area contributed by atoms with Gasteiger partial charge in [0.1, 0.15) is 17.6 Å². The minimum atomic E-state index is -1.06. The number of amides is 1. The Hall–Kier alpha value is -2.12. The van der Waals surface area contributed by atoms with E-state index < -0.39 is 23.7 Å². The van der Waals surface area contributed by atoms with Gasteiger partial charge in [-0.15, -0.1) is 0 Å². The van der Waals surface area contributed by atoms with Crippen LogP contribution in [-0.4, -0.2) is 53.5 Å². The average Bonchev–Trinajstić information content (AvgIpc) is 3.18. The highest BCUT2D eigenvalue weighted by Gasteiger charge is 2.52. The van der Waals surface area contributed by atoms with Gasteiger partial charge in [-0.3, -0.25) is 4.79 Å². The summed E-state index contributed by atoms with van der Waals surface area (Å²) in [6.07, 6.45) is 2.97. The van der Waals surface area contributed by atoms with Gasteiger partial charge in [-0.1, -0.05) is 0 Å². The van der Waals surface area contributed by atoms with Gasteiger partial charge in [0.05, 0.1) is 19.8 Å². The fourth-order valence-corrected chi connectivity index (χ4v) is 2.79. The highest BCUT2D eigenvalue weighted by atomic mass is 16.7. The van der Waals surface area contributed by atoms with Crippen molar-refractivity contribution in [2.24, 2.45) is 0 Å². The van der Waals surface area contributed by atoms with E-state index in [1.165, 1.54) is 17.1 Å². The molecule has 0 aliphatic carbocycles. The molecule has 2 fully saturated rings. The van der Waals surface area contributed by atoms with Crippen LogP contribution in [0.1, 0.15) is 17.9 Å². The molecular formula is C15H17NO6. The summed E-state index contributed by atoms with van der Waals surface area (Å²) in [6, 6.07) is 2.58. The molecule has 0 saturated carbocycles. The lowest BCUT2D eigenvalue weighted by Gasteiger charge is -2.21. The Bertz CT molecular complexity index is 613. The van der Waals surface area contributed by atoms with Crippen molar-refractivity contribution in [3.63, 3.8) is 0 Å². The predicted molar refractivity (Wildman–Crippen MR) is 74.9 cm³/mol. The number of furan rings is 1. The molecule has 3 heterocycles. The van der Waals surface area contributed by atoms with E-state index in [0.717, 1.165) is 5.76 Å². The van der Waals surface area contributed by atoms with Gasteiger partial charge in [0.25, 0.3) is 0 Å². The van der Waals surface area contributed by atoms with E-state index in [4.69, 9.17) is 13.9 Å². The zero-order chi connectivity index (χ0) is 15.7. The normalized spacial score (nSPS) is 23.7. The van der Waals surface area contributed by atoms with Crippen LogP contribution in [0, 0.1) is 6.92 Å². The van der Waals surface area contributed by atoms with Crippen LogP contribution >= 0.6 is 0 Å². The summed E-state index contributed by atoms with van der Waals surface area (Å²) < 4.78 is 16.4. The zero-order valence-corrected chi connectivity index (χ0v) is 12.2. The van der Waals surface area contributed by atoms with Crippen molar-refractivity contribution >= 4 is 18.0 Å². The van der Waals surface area contributed by atoms with Crippen LogP contribution in [0.5, 0.6) is 0 Å². The number of likely N-dealkylation sites (tertiary alicyclic amines) is 1. The maximum atomic E-state index is 12.3. The molecule has 1 aromatic heterocycles. The first-order chi connectivity index (χ1) is 10.5. The van der Waals surface area contributed by atoms with Gasteiger partial charge in [0.2, 0.25) is 5.91 Å². The molecular weight excluding hydrogens is 290 g/mol. The summed E-state index contributed by atoms with van der Waals surface area (Å²) in [5.74, 6) is -1.17. The largest absolute Gasteiger partial charge is 0.480 e. The third-order valence-corrected chi connectivity index (χ3v) is 3.82. The van der Waals surface area contributed by atoms with E-state index in [0.29, 0.717) is 19.0 Å². The van der Waals surface area contributed by atoms with Gasteiger partial charge in [-0.05, 0) is 25.1 Å².